The Hall–Kier alpha value is -2.61. The third-order valence-electron chi connectivity index (χ3n) is 4.05. The fourth-order valence-electron chi connectivity index (χ4n) is 2.66. The van der Waals surface area contributed by atoms with Gasteiger partial charge in [-0.2, -0.15) is 0 Å². The number of hydrogen-bond donors (Lipinski definition) is 0. The van der Waals surface area contributed by atoms with E-state index in [0.29, 0.717) is 24.8 Å². The first-order valence-electron chi connectivity index (χ1n) is 8.24. The van der Waals surface area contributed by atoms with Gasteiger partial charge in [-0.15, -0.1) is 0 Å². The lowest BCUT2D eigenvalue weighted by Crippen LogP contribution is -2.52. The van der Waals surface area contributed by atoms with Gasteiger partial charge in [0, 0.05) is 32.0 Å². The molecule has 0 atom stereocenters. The van der Waals surface area contributed by atoms with Gasteiger partial charge in [-0.3, -0.25) is 9.59 Å². The maximum Gasteiger partial charge on any atom is 0.242 e. The molecule has 1 aliphatic rings. The van der Waals surface area contributed by atoms with Crippen molar-refractivity contribution in [3.63, 3.8) is 0 Å². The first-order chi connectivity index (χ1) is 12.7. The van der Waals surface area contributed by atoms with E-state index in [1.807, 2.05) is 24.3 Å². The van der Waals surface area contributed by atoms with Gasteiger partial charge < -0.3 is 14.5 Å². The highest BCUT2D eigenvalue weighted by Crippen LogP contribution is 2.17. The van der Waals surface area contributed by atoms with Crippen molar-refractivity contribution in [2.45, 2.75) is 11.7 Å². The number of piperazine rings is 1. The second-order valence-corrected chi connectivity index (χ2v) is 6.74. The minimum atomic E-state index is -0.0724. The number of methoxy groups -OCH3 is 1. The zero-order valence-corrected chi connectivity index (χ0v) is 15.3. The van der Waals surface area contributed by atoms with Gasteiger partial charge in [0.2, 0.25) is 11.8 Å². The van der Waals surface area contributed by atoms with E-state index in [2.05, 4.69) is 9.97 Å². The summed E-state index contributed by atoms with van der Waals surface area (Å²) in [5.74, 6) is 0.877. The number of carbonyl (C=O) groups excluding carboxylic acids is 2. The van der Waals surface area contributed by atoms with E-state index >= 15 is 0 Å². The first-order valence-corrected chi connectivity index (χ1v) is 9.22. The summed E-state index contributed by atoms with van der Waals surface area (Å²) < 4.78 is 5.21. The average Bonchev–Trinajstić information content (AvgIpc) is 2.68. The molecule has 0 saturated carbocycles. The fourth-order valence-corrected chi connectivity index (χ4v) is 3.36. The van der Waals surface area contributed by atoms with E-state index in [1.165, 1.54) is 11.8 Å². The molecule has 1 fully saturated rings. The van der Waals surface area contributed by atoms with Gasteiger partial charge in [-0.1, -0.05) is 23.9 Å². The molecule has 1 aromatic carbocycles. The molecule has 0 unspecified atom stereocenters. The Morgan fingerprint density at radius 2 is 2.04 bits per heavy atom. The normalized spacial score (nSPS) is 14.4. The van der Waals surface area contributed by atoms with Crippen molar-refractivity contribution < 1.29 is 14.3 Å². The van der Waals surface area contributed by atoms with Crippen molar-refractivity contribution in [1.29, 1.82) is 0 Å². The van der Waals surface area contributed by atoms with Crippen molar-refractivity contribution in [1.82, 2.24) is 19.8 Å². The molecule has 0 aliphatic carbocycles. The van der Waals surface area contributed by atoms with Crippen molar-refractivity contribution >= 4 is 23.6 Å². The molecule has 0 spiro atoms. The lowest BCUT2D eigenvalue weighted by molar-refractivity contribution is -0.144. The number of nitrogens with zero attached hydrogens (tertiary/aromatic N) is 4. The van der Waals surface area contributed by atoms with E-state index in [0.717, 1.165) is 11.3 Å². The predicted octanol–water partition coefficient (Wildman–Crippen LogP) is 1.45. The zero-order valence-electron chi connectivity index (χ0n) is 14.5. The van der Waals surface area contributed by atoms with Crippen molar-refractivity contribution in [3.05, 3.63) is 48.3 Å². The number of carbonyl (C=O) groups is 2. The summed E-state index contributed by atoms with van der Waals surface area (Å²) in [5, 5.41) is 0.559. The van der Waals surface area contributed by atoms with Gasteiger partial charge in [-0.05, 0) is 23.8 Å². The second-order valence-electron chi connectivity index (χ2n) is 5.80. The topological polar surface area (TPSA) is 75.6 Å². The molecule has 2 amide bonds. The monoisotopic (exact) mass is 372 g/mol. The standard InChI is InChI=1S/C18H20N4O3S/c1-25-15-5-2-4-14(10-15)11-21-8-9-22(12-16(21)23)17(24)13-26-18-19-6-3-7-20-18/h2-7,10H,8-9,11-13H2,1H3. The Morgan fingerprint density at radius 1 is 1.23 bits per heavy atom. The summed E-state index contributed by atoms with van der Waals surface area (Å²) >= 11 is 1.28. The molecule has 0 radical (unpaired) electrons. The van der Waals surface area contributed by atoms with Crippen LogP contribution in [-0.2, 0) is 16.1 Å². The third kappa shape index (κ3) is 4.72. The summed E-state index contributed by atoms with van der Waals surface area (Å²) in [6.07, 6.45) is 3.28. The number of ether oxygens (including phenoxy) is 1. The van der Waals surface area contributed by atoms with Crippen LogP contribution in [0.5, 0.6) is 5.75 Å². The summed E-state index contributed by atoms with van der Waals surface area (Å²) in [6, 6.07) is 9.38. The smallest absolute Gasteiger partial charge is 0.242 e. The molecule has 8 heteroatoms. The van der Waals surface area contributed by atoms with Crippen LogP contribution >= 0.6 is 11.8 Å². The highest BCUT2D eigenvalue weighted by atomic mass is 32.2. The largest absolute Gasteiger partial charge is 0.497 e. The van der Waals surface area contributed by atoms with E-state index < -0.39 is 0 Å². The Kier molecular flexibility index (Phi) is 6.06. The van der Waals surface area contributed by atoms with Gasteiger partial charge in [0.05, 0.1) is 19.4 Å². The Labute approximate surface area is 156 Å². The quantitative estimate of drug-likeness (QED) is 0.564. The summed E-state index contributed by atoms with van der Waals surface area (Å²) in [7, 11) is 1.62. The minimum Gasteiger partial charge on any atom is -0.497 e. The van der Waals surface area contributed by atoms with Crippen LogP contribution in [0.15, 0.2) is 47.9 Å². The van der Waals surface area contributed by atoms with Crippen LogP contribution in [0.3, 0.4) is 0 Å². The number of thioether (sulfide) groups is 1. The number of amides is 2. The van der Waals surface area contributed by atoms with Gasteiger partial charge in [-0.25, -0.2) is 9.97 Å². The van der Waals surface area contributed by atoms with Crippen molar-refractivity contribution in [2.75, 3.05) is 32.5 Å². The van der Waals surface area contributed by atoms with E-state index in [4.69, 9.17) is 4.74 Å². The van der Waals surface area contributed by atoms with Gasteiger partial charge in [0.1, 0.15) is 5.75 Å². The van der Waals surface area contributed by atoms with Gasteiger partial charge >= 0.3 is 0 Å². The molecular weight excluding hydrogens is 352 g/mol. The number of benzene rings is 1. The Bertz CT molecular complexity index is 772. The molecule has 136 valence electrons. The number of aromatic nitrogens is 2. The molecule has 26 heavy (non-hydrogen) atoms. The average molecular weight is 372 g/mol. The zero-order chi connectivity index (χ0) is 18.4. The second kappa shape index (κ2) is 8.66. The fraction of sp³-hybridized carbons (Fsp3) is 0.333. The van der Waals surface area contributed by atoms with E-state index in [9.17, 15) is 9.59 Å². The summed E-state index contributed by atoms with van der Waals surface area (Å²) in [6.45, 7) is 1.68. The first kappa shape index (κ1) is 18.2. The Balaban J connectivity index is 1.51. The molecule has 1 aromatic heterocycles. The molecule has 7 nitrogen and oxygen atoms in total. The number of hydrogen-bond acceptors (Lipinski definition) is 6. The van der Waals surface area contributed by atoms with Gasteiger partial charge in [0.15, 0.2) is 5.16 Å². The minimum absolute atomic E-state index is 0.0478. The van der Waals surface area contributed by atoms with Crippen molar-refractivity contribution in [2.24, 2.45) is 0 Å². The molecule has 3 rings (SSSR count). The molecule has 0 bridgehead atoms. The van der Waals surface area contributed by atoms with Crippen LogP contribution < -0.4 is 4.74 Å². The van der Waals surface area contributed by atoms with Gasteiger partial charge in [0.25, 0.3) is 0 Å². The lowest BCUT2D eigenvalue weighted by atomic mass is 10.2. The molecule has 1 saturated heterocycles. The molecule has 0 N–H and O–H groups in total. The molecule has 2 heterocycles. The maximum atomic E-state index is 12.4. The summed E-state index contributed by atoms with van der Waals surface area (Å²) in [4.78, 5) is 36.3. The summed E-state index contributed by atoms with van der Waals surface area (Å²) in [5.41, 5.74) is 1.01. The van der Waals surface area contributed by atoms with Crippen LogP contribution in [0.2, 0.25) is 0 Å². The van der Waals surface area contributed by atoms with Crippen LogP contribution in [-0.4, -0.2) is 64.1 Å². The van der Waals surface area contributed by atoms with Crippen LogP contribution in [0, 0.1) is 0 Å². The van der Waals surface area contributed by atoms with Crippen LogP contribution in [0.1, 0.15) is 5.56 Å². The van der Waals surface area contributed by atoms with Crippen molar-refractivity contribution in [3.8, 4) is 5.75 Å². The third-order valence-corrected chi connectivity index (χ3v) is 4.91. The predicted molar refractivity (Wildman–Crippen MR) is 97.7 cm³/mol. The molecule has 2 aromatic rings. The number of rotatable bonds is 6. The van der Waals surface area contributed by atoms with Crippen LogP contribution in [0.25, 0.3) is 0 Å². The van der Waals surface area contributed by atoms with Crippen LogP contribution in [0.4, 0.5) is 0 Å². The highest BCUT2D eigenvalue weighted by molar-refractivity contribution is 7.99. The maximum absolute atomic E-state index is 12.4. The molecular formula is C18H20N4O3S. The molecule has 1 aliphatic heterocycles. The Morgan fingerprint density at radius 3 is 2.77 bits per heavy atom. The van der Waals surface area contributed by atoms with E-state index in [1.54, 1.807) is 35.4 Å². The highest BCUT2D eigenvalue weighted by Gasteiger charge is 2.27. The lowest BCUT2D eigenvalue weighted by Gasteiger charge is -2.34. The van der Waals surface area contributed by atoms with E-state index in [-0.39, 0.29) is 24.1 Å². The SMILES string of the molecule is COc1cccc(CN2CCN(C(=O)CSc3ncccn3)CC2=O)c1.